The molecule has 0 bridgehead atoms. The van der Waals surface area contributed by atoms with Crippen molar-refractivity contribution in [3.63, 3.8) is 0 Å². The molecule has 1 fully saturated rings. The van der Waals surface area contributed by atoms with Gasteiger partial charge in [-0.25, -0.2) is 4.79 Å². The fourth-order valence-corrected chi connectivity index (χ4v) is 3.84. The second-order valence-corrected chi connectivity index (χ2v) is 8.24. The third kappa shape index (κ3) is 3.92. The first-order valence-corrected chi connectivity index (χ1v) is 9.48. The van der Waals surface area contributed by atoms with Crippen molar-refractivity contribution in [1.82, 2.24) is 9.88 Å². The van der Waals surface area contributed by atoms with Gasteiger partial charge in [-0.3, -0.25) is 4.90 Å². The Bertz CT molecular complexity index is 761. The molecule has 0 spiro atoms. The maximum atomic E-state index is 11.9. The van der Waals surface area contributed by atoms with E-state index in [1.54, 1.807) is 0 Å². The van der Waals surface area contributed by atoms with E-state index in [2.05, 4.69) is 9.88 Å². The molecule has 130 valence electrons. The number of thioether (sulfide) groups is 1. The van der Waals surface area contributed by atoms with Crippen molar-refractivity contribution in [1.29, 1.82) is 0 Å². The molecule has 24 heavy (non-hydrogen) atoms. The van der Waals surface area contributed by atoms with Crippen molar-refractivity contribution in [2.45, 2.75) is 26.2 Å². The summed E-state index contributed by atoms with van der Waals surface area (Å²) in [6, 6.07) is 5.70. The summed E-state index contributed by atoms with van der Waals surface area (Å²) in [4.78, 5) is 18.4. The van der Waals surface area contributed by atoms with E-state index in [9.17, 15) is 4.79 Å². The molecular formula is C18H24N2O3S. The topological polar surface area (TPSA) is 55.6 Å². The lowest BCUT2D eigenvalue weighted by Gasteiger charge is -2.26. The van der Waals surface area contributed by atoms with Gasteiger partial charge in [0.15, 0.2) is 11.3 Å². The number of hydrogen-bond acceptors (Lipinski definition) is 6. The molecule has 1 saturated heterocycles. The molecular weight excluding hydrogens is 324 g/mol. The van der Waals surface area contributed by atoms with Gasteiger partial charge >= 0.3 is 5.76 Å². The second kappa shape index (κ2) is 7.15. The molecule has 2 aromatic rings. The summed E-state index contributed by atoms with van der Waals surface area (Å²) in [5.41, 5.74) is 1.00. The van der Waals surface area contributed by atoms with E-state index < -0.39 is 5.76 Å². The van der Waals surface area contributed by atoms with Crippen LogP contribution in [-0.2, 0) is 5.41 Å². The van der Waals surface area contributed by atoms with Crippen LogP contribution in [0.25, 0.3) is 11.0 Å². The highest BCUT2D eigenvalue weighted by molar-refractivity contribution is 7.99. The molecule has 0 saturated carbocycles. The third-order valence-corrected chi connectivity index (χ3v) is 5.05. The summed E-state index contributed by atoms with van der Waals surface area (Å²) < 4.78 is 11.3. The third-order valence-electron chi connectivity index (χ3n) is 4.11. The Labute approximate surface area is 146 Å². The summed E-state index contributed by atoms with van der Waals surface area (Å²) in [6.07, 6.45) is 0. The smallest absolute Gasteiger partial charge is 0.439 e. The van der Waals surface area contributed by atoms with E-state index in [1.165, 1.54) is 11.5 Å². The Morgan fingerprint density at radius 1 is 1.29 bits per heavy atom. The van der Waals surface area contributed by atoms with Crippen LogP contribution in [0.5, 0.6) is 5.75 Å². The molecule has 1 aliphatic rings. The summed E-state index contributed by atoms with van der Waals surface area (Å²) in [7, 11) is 0. The number of rotatable bonds is 4. The van der Waals surface area contributed by atoms with E-state index in [0.717, 1.165) is 30.7 Å². The van der Waals surface area contributed by atoms with Crippen LogP contribution >= 0.6 is 11.8 Å². The first-order chi connectivity index (χ1) is 11.4. The summed E-state index contributed by atoms with van der Waals surface area (Å²) >= 11 is 2.00. The molecule has 0 radical (unpaired) electrons. The van der Waals surface area contributed by atoms with Gasteiger partial charge in [-0.15, -0.1) is 0 Å². The Hall–Kier alpha value is -1.53. The lowest BCUT2D eigenvalue weighted by atomic mass is 9.89. The lowest BCUT2D eigenvalue weighted by Crippen LogP contribution is -2.35. The molecule has 0 unspecified atom stereocenters. The molecule has 1 aromatic carbocycles. The molecule has 0 amide bonds. The zero-order valence-electron chi connectivity index (χ0n) is 14.5. The normalized spacial score (nSPS) is 16.5. The number of aromatic nitrogens is 1. The lowest BCUT2D eigenvalue weighted by molar-refractivity contribution is 0.222. The predicted molar refractivity (Wildman–Crippen MR) is 98.2 cm³/mol. The van der Waals surface area contributed by atoms with E-state index >= 15 is 0 Å². The molecule has 0 atom stereocenters. The van der Waals surface area contributed by atoms with Crippen molar-refractivity contribution >= 4 is 22.7 Å². The molecule has 1 aliphatic heterocycles. The largest absolute Gasteiger partial charge is 0.488 e. The fraction of sp³-hybridized carbons (Fsp3) is 0.556. The van der Waals surface area contributed by atoms with Crippen molar-refractivity contribution < 1.29 is 9.15 Å². The highest BCUT2D eigenvalue weighted by atomic mass is 32.2. The summed E-state index contributed by atoms with van der Waals surface area (Å²) in [5.74, 6) is 2.41. The zero-order valence-corrected chi connectivity index (χ0v) is 15.3. The van der Waals surface area contributed by atoms with Gasteiger partial charge in [0.1, 0.15) is 6.61 Å². The fourth-order valence-electron chi connectivity index (χ4n) is 2.86. The Morgan fingerprint density at radius 2 is 2.04 bits per heavy atom. The van der Waals surface area contributed by atoms with Gasteiger partial charge in [-0.2, -0.15) is 16.7 Å². The van der Waals surface area contributed by atoms with Gasteiger partial charge in [0, 0.05) is 41.9 Å². The van der Waals surface area contributed by atoms with E-state index in [0.29, 0.717) is 17.9 Å². The minimum Gasteiger partial charge on any atom is -0.488 e. The Kier molecular flexibility index (Phi) is 5.15. The Balaban J connectivity index is 1.83. The molecule has 6 heteroatoms. The molecule has 3 rings (SSSR count). The number of benzene rings is 1. The standard InChI is InChI=1S/C18H24N2O3S/c1-18(2,3)16-13-5-4-6-14(15(13)23-17(21)19-16)22-10-7-20-8-11-24-12-9-20/h4-6H,7-12H2,1-3H3. The zero-order chi connectivity index (χ0) is 17.2. The SMILES string of the molecule is CC(C)(C)c1nc(=O)oc2c(OCCN3CCSCC3)cccc12. The maximum Gasteiger partial charge on any atom is 0.439 e. The van der Waals surface area contributed by atoms with Crippen LogP contribution in [0.3, 0.4) is 0 Å². The first kappa shape index (κ1) is 17.3. The van der Waals surface area contributed by atoms with E-state index in [1.807, 2.05) is 50.7 Å². The van der Waals surface area contributed by atoms with Gasteiger partial charge in [-0.1, -0.05) is 26.8 Å². The highest BCUT2D eigenvalue weighted by Gasteiger charge is 2.22. The number of para-hydroxylation sites is 1. The maximum absolute atomic E-state index is 11.9. The monoisotopic (exact) mass is 348 g/mol. The van der Waals surface area contributed by atoms with Crippen LogP contribution in [0.4, 0.5) is 0 Å². The van der Waals surface area contributed by atoms with Crippen LogP contribution in [-0.4, -0.2) is 47.6 Å². The molecule has 0 N–H and O–H groups in total. The highest BCUT2D eigenvalue weighted by Crippen LogP contribution is 2.31. The molecule has 1 aromatic heterocycles. The van der Waals surface area contributed by atoms with Gasteiger partial charge < -0.3 is 9.15 Å². The van der Waals surface area contributed by atoms with Crippen molar-refractivity contribution in [3.8, 4) is 5.75 Å². The van der Waals surface area contributed by atoms with Crippen LogP contribution in [0.1, 0.15) is 26.5 Å². The van der Waals surface area contributed by atoms with E-state index in [-0.39, 0.29) is 5.41 Å². The van der Waals surface area contributed by atoms with Gasteiger partial charge in [0.25, 0.3) is 0 Å². The number of hydrogen-bond donors (Lipinski definition) is 0. The van der Waals surface area contributed by atoms with E-state index in [4.69, 9.17) is 9.15 Å². The number of fused-ring (bicyclic) bond motifs is 1. The average molecular weight is 348 g/mol. The first-order valence-electron chi connectivity index (χ1n) is 8.32. The molecule has 0 aliphatic carbocycles. The number of nitrogens with zero attached hydrogens (tertiary/aromatic N) is 2. The minimum absolute atomic E-state index is 0.238. The summed E-state index contributed by atoms with van der Waals surface area (Å²) in [6.45, 7) is 9.80. The van der Waals surface area contributed by atoms with Gasteiger partial charge in [0.2, 0.25) is 0 Å². The average Bonchev–Trinajstić information content (AvgIpc) is 2.55. The quantitative estimate of drug-likeness (QED) is 0.847. The van der Waals surface area contributed by atoms with Gasteiger partial charge in [0.05, 0.1) is 5.69 Å². The molecule has 2 heterocycles. The predicted octanol–water partition coefficient (Wildman–Crippen LogP) is 2.91. The van der Waals surface area contributed by atoms with Gasteiger partial charge in [-0.05, 0) is 12.1 Å². The van der Waals surface area contributed by atoms with Crippen molar-refractivity contribution in [2.24, 2.45) is 0 Å². The molecule has 5 nitrogen and oxygen atoms in total. The van der Waals surface area contributed by atoms with Crippen LogP contribution in [0.2, 0.25) is 0 Å². The van der Waals surface area contributed by atoms with Crippen LogP contribution in [0.15, 0.2) is 27.4 Å². The van der Waals surface area contributed by atoms with Crippen LogP contribution < -0.4 is 10.5 Å². The Morgan fingerprint density at radius 3 is 2.75 bits per heavy atom. The van der Waals surface area contributed by atoms with Crippen LogP contribution in [0, 0.1) is 0 Å². The second-order valence-electron chi connectivity index (χ2n) is 7.01. The van der Waals surface area contributed by atoms with Crippen molar-refractivity contribution in [3.05, 3.63) is 34.4 Å². The summed E-state index contributed by atoms with van der Waals surface area (Å²) in [5, 5.41) is 0.842. The minimum atomic E-state index is -0.573. The number of ether oxygens (including phenoxy) is 1. The van der Waals surface area contributed by atoms with Crippen molar-refractivity contribution in [2.75, 3.05) is 37.7 Å².